The van der Waals surface area contributed by atoms with Crippen LogP contribution in [0.5, 0.6) is 11.5 Å². The normalized spacial score (nSPS) is 17.8. The third-order valence-electron chi connectivity index (χ3n) is 6.38. The summed E-state index contributed by atoms with van der Waals surface area (Å²) in [5.74, 6) is -0.603. The van der Waals surface area contributed by atoms with Crippen molar-refractivity contribution in [1.82, 2.24) is 20.1 Å². The van der Waals surface area contributed by atoms with E-state index in [0.29, 0.717) is 34.6 Å². The van der Waals surface area contributed by atoms with Crippen LogP contribution in [0.1, 0.15) is 16.9 Å². The number of nitrogens with one attached hydrogen (secondary N) is 1. The molecular weight excluding hydrogens is 495 g/mol. The van der Waals surface area contributed by atoms with Crippen molar-refractivity contribution in [2.45, 2.75) is 18.6 Å². The number of aliphatic hydroxyl groups is 1. The Morgan fingerprint density at radius 2 is 2.11 bits per heavy atom. The molecule has 1 fully saturated rings. The maximum atomic E-state index is 15.3. The summed E-state index contributed by atoms with van der Waals surface area (Å²) >= 11 is 1.39. The summed E-state index contributed by atoms with van der Waals surface area (Å²) in [7, 11) is 1.85. The van der Waals surface area contributed by atoms with Crippen molar-refractivity contribution in [2.24, 2.45) is 7.05 Å². The van der Waals surface area contributed by atoms with Gasteiger partial charge in [0, 0.05) is 31.3 Å². The lowest BCUT2D eigenvalue weighted by Crippen LogP contribution is -2.48. The molecule has 3 aromatic heterocycles. The highest BCUT2D eigenvalue weighted by Crippen LogP contribution is 2.36. The molecule has 1 aliphatic rings. The molecule has 0 aliphatic carbocycles. The Kier molecular flexibility index (Phi) is 6.07. The SMILES string of the molecule is Cn1cc2c(-c3ccc(Oc4cc(C(=O)N[C@H]5CCOC[C@@H]5O)nc5ccsc45)c(F)c3)cccc2n1. The van der Waals surface area contributed by atoms with Gasteiger partial charge in [0.2, 0.25) is 0 Å². The number of halogens is 1. The lowest BCUT2D eigenvalue weighted by Gasteiger charge is -2.28. The number of ether oxygens (including phenoxy) is 2. The summed E-state index contributed by atoms with van der Waals surface area (Å²) < 4.78 is 28.9. The van der Waals surface area contributed by atoms with Crippen LogP contribution in [0, 0.1) is 5.82 Å². The minimum atomic E-state index is -0.788. The second-order valence-electron chi connectivity index (χ2n) is 8.94. The quantitative estimate of drug-likeness (QED) is 0.351. The molecule has 10 heteroatoms. The molecule has 1 saturated heterocycles. The van der Waals surface area contributed by atoms with E-state index in [9.17, 15) is 9.90 Å². The van der Waals surface area contributed by atoms with Gasteiger partial charge in [-0.25, -0.2) is 9.37 Å². The van der Waals surface area contributed by atoms with Crippen molar-refractivity contribution in [2.75, 3.05) is 13.2 Å². The van der Waals surface area contributed by atoms with Gasteiger partial charge in [-0.3, -0.25) is 9.48 Å². The highest BCUT2D eigenvalue weighted by molar-refractivity contribution is 7.17. The monoisotopic (exact) mass is 518 g/mol. The summed E-state index contributed by atoms with van der Waals surface area (Å²) in [5, 5.41) is 20.1. The van der Waals surface area contributed by atoms with Gasteiger partial charge in [0.05, 0.1) is 34.5 Å². The van der Waals surface area contributed by atoms with E-state index in [0.717, 1.165) is 16.5 Å². The fourth-order valence-corrected chi connectivity index (χ4v) is 5.32. The smallest absolute Gasteiger partial charge is 0.270 e. The van der Waals surface area contributed by atoms with E-state index < -0.39 is 23.9 Å². The standard InChI is InChI=1S/C27H23FN4O4S/c1-32-13-17-16(3-2-4-19(17)31-32)15-5-6-24(18(28)11-15)36-25-12-22(29-21-8-10-37-26(21)25)27(34)30-20-7-9-35-14-23(20)33/h2-6,8,10-13,20,23,33H,7,9,14H2,1H3,(H,30,34)/t20-,23-/m0/s1. The van der Waals surface area contributed by atoms with Crippen LogP contribution in [0.4, 0.5) is 4.39 Å². The average molecular weight is 519 g/mol. The van der Waals surface area contributed by atoms with E-state index in [-0.39, 0.29) is 18.1 Å². The average Bonchev–Trinajstić information content (AvgIpc) is 3.52. The fraction of sp³-hybridized carbons (Fsp3) is 0.222. The van der Waals surface area contributed by atoms with Crippen LogP contribution >= 0.6 is 11.3 Å². The molecule has 188 valence electrons. The van der Waals surface area contributed by atoms with E-state index >= 15 is 4.39 Å². The number of pyridine rings is 1. The molecule has 0 unspecified atom stereocenters. The van der Waals surface area contributed by atoms with Gasteiger partial charge in [-0.05, 0) is 47.2 Å². The zero-order chi connectivity index (χ0) is 25.5. The van der Waals surface area contributed by atoms with Gasteiger partial charge < -0.3 is 19.9 Å². The third kappa shape index (κ3) is 4.55. The van der Waals surface area contributed by atoms with Crippen molar-refractivity contribution in [3.05, 3.63) is 71.6 Å². The first-order valence-corrected chi connectivity index (χ1v) is 12.7. The summed E-state index contributed by atoms with van der Waals surface area (Å²) in [6, 6.07) is 13.4. The molecule has 4 heterocycles. The van der Waals surface area contributed by atoms with Crippen molar-refractivity contribution < 1.29 is 23.8 Å². The number of aromatic nitrogens is 3. The van der Waals surface area contributed by atoms with Crippen molar-refractivity contribution in [3.63, 3.8) is 0 Å². The van der Waals surface area contributed by atoms with Gasteiger partial charge in [0.1, 0.15) is 11.4 Å². The highest BCUT2D eigenvalue weighted by Gasteiger charge is 2.26. The van der Waals surface area contributed by atoms with E-state index in [1.807, 2.05) is 36.8 Å². The second-order valence-corrected chi connectivity index (χ2v) is 9.86. The Labute approximate surface area is 215 Å². The number of thiophene rings is 1. The lowest BCUT2D eigenvalue weighted by atomic mass is 10.0. The number of rotatable bonds is 5. The van der Waals surface area contributed by atoms with Crippen LogP contribution in [0.3, 0.4) is 0 Å². The van der Waals surface area contributed by atoms with Gasteiger partial charge in [0.25, 0.3) is 5.91 Å². The molecule has 0 saturated carbocycles. The number of aliphatic hydroxyl groups excluding tert-OH is 1. The van der Waals surface area contributed by atoms with E-state index in [1.54, 1.807) is 22.9 Å². The Hall–Kier alpha value is -3.86. The maximum Gasteiger partial charge on any atom is 0.270 e. The van der Waals surface area contributed by atoms with Crippen molar-refractivity contribution in [3.8, 4) is 22.6 Å². The number of hydrogen-bond acceptors (Lipinski definition) is 7. The lowest BCUT2D eigenvalue weighted by molar-refractivity contribution is -0.0261. The molecule has 2 N–H and O–H groups in total. The first kappa shape index (κ1) is 23.5. The molecule has 0 radical (unpaired) electrons. The minimum absolute atomic E-state index is 0.0363. The molecule has 1 aliphatic heterocycles. The number of fused-ring (bicyclic) bond motifs is 2. The van der Waals surface area contributed by atoms with Gasteiger partial charge in [0.15, 0.2) is 11.6 Å². The van der Waals surface area contributed by atoms with E-state index in [4.69, 9.17) is 9.47 Å². The summed E-state index contributed by atoms with van der Waals surface area (Å²) in [5.41, 5.74) is 3.10. The highest BCUT2D eigenvalue weighted by atomic mass is 32.1. The van der Waals surface area contributed by atoms with Crippen molar-refractivity contribution in [1.29, 1.82) is 0 Å². The maximum absolute atomic E-state index is 15.3. The molecule has 0 bridgehead atoms. The van der Waals surface area contributed by atoms with Gasteiger partial charge in [-0.1, -0.05) is 18.2 Å². The van der Waals surface area contributed by atoms with Gasteiger partial charge in [-0.2, -0.15) is 5.10 Å². The molecule has 2 atom stereocenters. The number of benzene rings is 2. The third-order valence-corrected chi connectivity index (χ3v) is 7.30. The summed E-state index contributed by atoms with van der Waals surface area (Å²) in [6.45, 7) is 0.624. The number of hydrogen-bond donors (Lipinski definition) is 2. The second kappa shape index (κ2) is 9.55. The Morgan fingerprint density at radius 1 is 1.22 bits per heavy atom. The van der Waals surface area contributed by atoms with Gasteiger partial charge >= 0.3 is 0 Å². The number of aryl methyl sites for hydroxylation is 1. The van der Waals surface area contributed by atoms with Crippen LogP contribution in [0.25, 0.3) is 32.2 Å². The number of carbonyl (C=O) groups is 1. The van der Waals surface area contributed by atoms with E-state index in [1.165, 1.54) is 23.5 Å². The molecule has 0 spiro atoms. The predicted octanol–water partition coefficient (Wildman–Crippen LogP) is 4.66. The van der Waals surface area contributed by atoms with Crippen LogP contribution in [-0.2, 0) is 11.8 Å². The Balaban J connectivity index is 1.30. The summed E-state index contributed by atoms with van der Waals surface area (Å²) in [6.07, 6.45) is 1.62. The topological polar surface area (TPSA) is 98.5 Å². The largest absolute Gasteiger partial charge is 0.453 e. The minimum Gasteiger partial charge on any atom is -0.453 e. The van der Waals surface area contributed by atoms with Crippen LogP contribution in [-0.4, -0.2) is 51.1 Å². The predicted molar refractivity (Wildman–Crippen MR) is 138 cm³/mol. The molecule has 2 aromatic carbocycles. The zero-order valence-corrected chi connectivity index (χ0v) is 20.7. The molecule has 8 nitrogen and oxygen atoms in total. The molecule has 1 amide bonds. The van der Waals surface area contributed by atoms with Crippen molar-refractivity contribution >= 4 is 38.4 Å². The first-order chi connectivity index (χ1) is 18.0. The number of amides is 1. The van der Waals surface area contributed by atoms with Crippen LogP contribution in [0.15, 0.2) is 60.1 Å². The first-order valence-electron chi connectivity index (χ1n) is 11.8. The zero-order valence-electron chi connectivity index (χ0n) is 19.8. The Morgan fingerprint density at radius 3 is 2.95 bits per heavy atom. The van der Waals surface area contributed by atoms with Crippen LogP contribution in [0.2, 0.25) is 0 Å². The fourth-order valence-electron chi connectivity index (χ4n) is 4.54. The molecule has 6 rings (SSSR count). The van der Waals surface area contributed by atoms with Crippen LogP contribution < -0.4 is 10.1 Å². The summed E-state index contributed by atoms with van der Waals surface area (Å²) in [4.78, 5) is 17.4. The molecular formula is C27H23FN4O4S. The molecule has 5 aromatic rings. The number of carbonyl (C=O) groups excluding carboxylic acids is 1. The Bertz CT molecular complexity index is 1630. The van der Waals surface area contributed by atoms with Gasteiger partial charge in [-0.15, -0.1) is 11.3 Å². The number of nitrogens with zero attached hydrogens (tertiary/aromatic N) is 3. The van der Waals surface area contributed by atoms with E-state index in [2.05, 4.69) is 15.4 Å². The molecule has 37 heavy (non-hydrogen) atoms.